The maximum atomic E-state index is 10.5. The van der Waals surface area contributed by atoms with Crippen molar-refractivity contribution in [3.05, 3.63) is 32.8 Å². The summed E-state index contributed by atoms with van der Waals surface area (Å²) < 4.78 is 0.492. The van der Waals surface area contributed by atoms with Gasteiger partial charge in [-0.2, -0.15) is 5.26 Å². The van der Waals surface area contributed by atoms with Crippen LogP contribution < -0.4 is 0 Å². The summed E-state index contributed by atoms with van der Waals surface area (Å²) in [6.07, 6.45) is -0.157. The van der Waals surface area contributed by atoms with Crippen LogP contribution in [-0.2, 0) is 11.2 Å². The van der Waals surface area contributed by atoms with Crippen LogP contribution >= 0.6 is 27.5 Å². The van der Waals surface area contributed by atoms with E-state index in [2.05, 4.69) is 15.9 Å². The van der Waals surface area contributed by atoms with Crippen LogP contribution in [-0.4, -0.2) is 11.1 Å². The average molecular weight is 275 g/mol. The molecule has 0 saturated heterocycles. The third-order valence-corrected chi connectivity index (χ3v) is 2.73. The highest BCUT2D eigenvalue weighted by atomic mass is 79.9. The van der Waals surface area contributed by atoms with Crippen molar-refractivity contribution in [2.24, 2.45) is 0 Å². The lowest BCUT2D eigenvalue weighted by atomic mass is 10.1. The van der Waals surface area contributed by atoms with Crippen LogP contribution in [0.1, 0.15) is 11.1 Å². The smallest absolute Gasteiger partial charge is 0.307 e. The molecule has 0 bridgehead atoms. The summed E-state index contributed by atoms with van der Waals surface area (Å²) in [7, 11) is 0. The quantitative estimate of drug-likeness (QED) is 0.901. The van der Waals surface area contributed by atoms with Gasteiger partial charge in [-0.15, -0.1) is 0 Å². The molecule has 0 atom stereocenters. The number of aliphatic carboxylic acids is 1. The van der Waals surface area contributed by atoms with E-state index in [4.69, 9.17) is 22.0 Å². The molecular weight excluding hydrogens is 269 g/mol. The van der Waals surface area contributed by atoms with Crippen molar-refractivity contribution in [2.45, 2.75) is 6.42 Å². The molecule has 0 spiro atoms. The monoisotopic (exact) mass is 273 g/mol. The van der Waals surface area contributed by atoms with E-state index in [-0.39, 0.29) is 6.42 Å². The average Bonchev–Trinajstić information content (AvgIpc) is 2.09. The largest absolute Gasteiger partial charge is 0.481 e. The summed E-state index contributed by atoms with van der Waals surface area (Å²) in [5.41, 5.74) is 0.843. The molecule has 14 heavy (non-hydrogen) atoms. The molecule has 0 heterocycles. The topological polar surface area (TPSA) is 61.1 Å². The Morgan fingerprint density at radius 1 is 1.64 bits per heavy atom. The number of halogens is 2. The second-order valence-corrected chi connectivity index (χ2v) is 3.84. The lowest BCUT2D eigenvalue weighted by Gasteiger charge is -2.03. The molecule has 0 amide bonds. The second-order valence-electron chi connectivity index (χ2n) is 2.61. The highest BCUT2D eigenvalue weighted by Crippen LogP contribution is 2.26. The number of carboxylic acids is 1. The Bertz CT molecular complexity index is 426. The van der Waals surface area contributed by atoms with Gasteiger partial charge in [-0.3, -0.25) is 4.79 Å². The van der Waals surface area contributed by atoms with Gasteiger partial charge in [0.1, 0.15) is 6.07 Å². The van der Waals surface area contributed by atoms with Crippen LogP contribution in [0.25, 0.3) is 0 Å². The van der Waals surface area contributed by atoms with Gasteiger partial charge in [-0.05, 0) is 33.6 Å². The van der Waals surface area contributed by atoms with Crippen molar-refractivity contribution in [3.63, 3.8) is 0 Å². The Morgan fingerprint density at radius 2 is 2.29 bits per heavy atom. The van der Waals surface area contributed by atoms with Crippen LogP contribution in [0.5, 0.6) is 0 Å². The molecule has 0 aromatic heterocycles. The van der Waals surface area contributed by atoms with Crippen LogP contribution in [0, 0.1) is 11.3 Å². The van der Waals surface area contributed by atoms with Gasteiger partial charge < -0.3 is 5.11 Å². The van der Waals surface area contributed by atoms with Crippen molar-refractivity contribution in [3.8, 4) is 6.07 Å². The Hall–Kier alpha value is -1.05. The van der Waals surface area contributed by atoms with Crippen LogP contribution in [0.2, 0.25) is 5.02 Å². The molecule has 0 aliphatic rings. The summed E-state index contributed by atoms with van der Waals surface area (Å²) in [5, 5.41) is 17.7. The predicted molar refractivity (Wildman–Crippen MR) is 55.2 cm³/mol. The number of carboxylic acid groups (broad SMARTS) is 1. The summed E-state index contributed by atoms with van der Waals surface area (Å²) >= 11 is 8.88. The molecule has 0 aliphatic carbocycles. The van der Waals surface area contributed by atoms with Crippen molar-refractivity contribution in [1.29, 1.82) is 5.26 Å². The second kappa shape index (κ2) is 4.45. The van der Waals surface area contributed by atoms with E-state index < -0.39 is 5.97 Å². The molecule has 0 saturated carbocycles. The Balaban J connectivity index is 3.23. The van der Waals surface area contributed by atoms with E-state index in [0.29, 0.717) is 20.6 Å². The summed E-state index contributed by atoms with van der Waals surface area (Å²) in [5.74, 6) is -0.961. The van der Waals surface area contributed by atoms with E-state index in [9.17, 15) is 4.79 Å². The fraction of sp³-hybridized carbons (Fsp3) is 0.111. The summed E-state index contributed by atoms with van der Waals surface area (Å²) in [4.78, 5) is 10.5. The van der Waals surface area contributed by atoms with Crippen LogP contribution in [0.15, 0.2) is 16.6 Å². The molecule has 0 radical (unpaired) electrons. The fourth-order valence-electron chi connectivity index (χ4n) is 1.02. The first-order chi connectivity index (χ1) is 6.54. The Kier molecular flexibility index (Phi) is 3.50. The van der Waals surface area contributed by atoms with Gasteiger partial charge in [0.05, 0.1) is 12.0 Å². The van der Waals surface area contributed by atoms with Gasteiger partial charge in [0.25, 0.3) is 0 Å². The molecule has 0 unspecified atom stereocenters. The maximum absolute atomic E-state index is 10.5. The van der Waals surface area contributed by atoms with Gasteiger partial charge in [0.2, 0.25) is 0 Å². The van der Waals surface area contributed by atoms with Crippen molar-refractivity contribution >= 4 is 33.5 Å². The normalized spacial score (nSPS) is 9.50. The molecule has 1 aromatic rings. The number of nitriles is 1. The van der Waals surface area contributed by atoms with Gasteiger partial charge in [-0.25, -0.2) is 0 Å². The zero-order chi connectivity index (χ0) is 10.7. The summed E-state index contributed by atoms with van der Waals surface area (Å²) in [6, 6.07) is 4.94. The van der Waals surface area contributed by atoms with E-state index in [1.807, 2.05) is 6.07 Å². The minimum Gasteiger partial charge on any atom is -0.481 e. The lowest BCUT2D eigenvalue weighted by molar-refractivity contribution is -0.136. The molecule has 1 N–H and O–H groups in total. The Morgan fingerprint density at radius 3 is 2.79 bits per heavy atom. The summed E-state index contributed by atoms with van der Waals surface area (Å²) in [6.45, 7) is 0. The number of benzene rings is 1. The first kappa shape index (κ1) is 11.0. The number of nitrogens with zero attached hydrogens (tertiary/aromatic N) is 1. The standard InChI is InChI=1S/C9H5BrClNO2/c10-9-5(3-8(13)14)1-7(11)2-6(9)4-12/h1-2H,3H2,(H,13,14). The van der Waals surface area contributed by atoms with Gasteiger partial charge in [0, 0.05) is 9.50 Å². The van der Waals surface area contributed by atoms with Crippen molar-refractivity contribution in [1.82, 2.24) is 0 Å². The number of hydrogen-bond donors (Lipinski definition) is 1. The maximum Gasteiger partial charge on any atom is 0.307 e. The van der Waals surface area contributed by atoms with Crippen LogP contribution in [0.3, 0.4) is 0 Å². The van der Waals surface area contributed by atoms with Crippen LogP contribution in [0.4, 0.5) is 0 Å². The van der Waals surface area contributed by atoms with E-state index >= 15 is 0 Å². The number of carbonyl (C=O) groups is 1. The fourth-order valence-corrected chi connectivity index (χ4v) is 1.72. The molecule has 1 aromatic carbocycles. The van der Waals surface area contributed by atoms with Gasteiger partial charge >= 0.3 is 5.97 Å². The third-order valence-electron chi connectivity index (χ3n) is 1.57. The third kappa shape index (κ3) is 2.47. The van der Waals surface area contributed by atoms with Crippen molar-refractivity contribution in [2.75, 3.05) is 0 Å². The molecule has 0 aliphatic heterocycles. The van der Waals surface area contributed by atoms with E-state index in [0.717, 1.165) is 0 Å². The zero-order valence-corrected chi connectivity index (χ0v) is 9.26. The molecule has 72 valence electrons. The minimum absolute atomic E-state index is 0.157. The first-order valence-electron chi connectivity index (χ1n) is 3.64. The highest BCUT2D eigenvalue weighted by molar-refractivity contribution is 9.10. The molecule has 3 nitrogen and oxygen atoms in total. The zero-order valence-electron chi connectivity index (χ0n) is 6.92. The lowest BCUT2D eigenvalue weighted by Crippen LogP contribution is -2.01. The SMILES string of the molecule is N#Cc1cc(Cl)cc(CC(=O)O)c1Br. The number of hydrogen-bond acceptors (Lipinski definition) is 2. The minimum atomic E-state index is -0.961. The first-order valence-corrected chi connectivity index (χ1v) is 4.81. The van der Waals surface area contributed by atoms with E-state index in [1.54, 1.807) is 0 Å². The molecule has 5 heteroatoms. The number of rotatable bonds is 2. The highest BCUT2D eigenvalue weighted by Gasteiger charge is 2.10. The predicted octanol–water partition coefficient (Wildman–Crippen LogP) is 2.60. The van der Waals surface area contributed by atoms with Crippen molar-refractivity contribution < 1.29 is 9.90 Å². The van der Waals surface area contributed by atoms with E-state index in [1.165, 1.54) is 12.1 Å². The molecule has 0 fully saturated rings. The molecular formula is C9H5BrClNO2. The van der Waals surface area contributed by atoms with Gasteiger partial charge in [-0.1, -0.05) is 11.6 Å². The molecule has 1 rings (SSSR count). The Labute approximate surface area is 94.0 Å². The van der Waals surface area contributed by atoms with Gasteiger partial charge in [0.15, 0.2) is 0 Å².